The third-order valence-corrected chi connectivity index (χ3v) is 4.05. The highest BCUT2D eigenvalue weighted by Gasteiger charge is 2.16. The van der Waals surface area contributed by atoms with Gasteiger partial charge in [-0.05, 0) is 33.5 Å². The molecule has 2 aromatic rings. The molecule has 0 unspecified atom stereocenters. The molecule has 0 spiro atoms. The molecule has 0 fully saturated rings. The highest BCUT2D eigenvalue weighted by atomic mass is 79.9. The molecule has 2 rings (SSSR count). The van der Waals surface area contributed by atoms with E-state index in [9.17, 15) is 0 Å². The summed E-state index contributed by atoms with van der Waals surface area (Å²) >= 11 is 9.25. The van der Waals surface area contributed by atoms with E-state index < -0.39 is 7.12 Å². The Labute approximate surface area is 99.3 Å². The van der Waals surface area contributed by atoms with Crippen LogP contribution in [0.4, 0.5) is 0 Å². The quantitative estimate of drug-likeness (QED) is 0.551. The molecule has 14 heavy (non-hydrogen) atoms. The van der Waals surface area contributed by atoms with Crippen molar-refractivity contribution in [1.29, 1.82) is 0 Å². The van der Waals surface area contributed by atoms with Gasteiger partial charge in [0.05, 0.1) is 3.79 Å². The zero-order valence-electron chi connectivity index (χ0n) is 6.94. The van der Waals surface area contributed by atoms with Gasteiger partial charge in [0.25, 0.3) is 0 Å². The number of thiophene rings is 1. The van der Waals surface area contributed by atoms with Crippen molar-refractivity contribution in [2.24, 2.45) is 0 Å². The Morgan fingerprint density at radius 3 is 2.71 bits per heavy atom. The van der Waals surface area contributed by atoms with Gasteiger partial charge in [-0.3, -0.25) is 0 Å². The van der Waals surface area contributed by atoms with Crippen molar-refractivity contribution in [2.75, 3.05) is 0 Å². The molecule has 0 atom stereocenters. The molecule has 2 N–H and O–H groups in total. The molecule has 0 bridgehead atoms. The highest BCUT2D eigenvalue weighted by molar-refractivity contribution is 9.11. The minimum atomic E-state index is -1.47. The van der Waals surface area contributed by atoms with Crippen LogP contribution in [0.2, 0.25) is 0 Å². The average molecular weight is 289 g/mol. The van der Waals surface area contributed by atoms with E-state index in [0.717, 1.165) is 13.9 Å². The molecule has 2 nitrogen and oxygen atoms in total. The number of thiol groups is 1. The standard InChI is InChI=1S/C8H6BBrO2S2/c10-7-3-4-6(14-7)2-1-5(8(4)13)9(11)12/h1-3,11-13H. The molecule has 72 valence electrons. The summed E-state index contributed by atoms with van der Waals surface area (Å²) in [6, 6.07) is 5.46. The zero-order chi connectivity index (χ0) is 10.3. The van der Waals surface area contributed by atoms with Gasteiger partial charge in [0, 0.05) is 15.0 Å². The van der Waals surface area contributed by atoms with E-state index in [0.29, 0.717) is 10.4 Å². The maximum Gasteiger partial charge on any atom is 0.489 e. The van der Waals surface area contributed by atoms with Crippen molar-refractivity contribution in [1.82, 2.24) is 0 Å². The summed E-state index contributed by atoms with van der Waals surface area (Å²) in [4.78, 5) is 0.624. The van der Waals surface area contributed by atoms with Gasteiger partial charge in [-0.25, -0.2) is 0 Å². The fourth-order valence-electron chi connectivity index (χ4n) is 1.29. The Bertz CT molecular complexity index is 483. The Morgan fingerprint density at radius 1 is 1.36 bits per heavy atom. The van der Waals surface area contributed by atoms with E-state index in [1.165, 1.54) is 0 Å². The number of fused-ring (bicyclic) bond motifs is 1. The molecular formula is C8H6BBrO2S2. The van der Waals surface area contributed by atoms with Gasteiger partial charge in [-0.15, -0.1) is 24.0 Å². The molecule has 0 aliphatic carbocycles. The third-order valence-electron chi connectivity index (χ3n) is 1.95. The van der Waals surface area contributed by atoms with E-state index in [4.69, 9.17) is 10.0 Å². The predicted octanol–water partition coefficient (Wildman–Crippen LogP) is 1.63. The summed E-state index contributed by atoms with van der Waals surface area (Å²) in [5.74, 6) is 0. The second-order valence-electron chi connectivity index (χ2n) is 2.84. The minimum Gasteiger partial charge on any atom is -0.423 e. The average Bonchev–Trinajstić information content (AvgIpc) is 2.46. The Kier molecular flexibility index (Phi) is 2.90. The van der Waals surface area contributed by atoms with Gasteiger partial charge in [-0.2, -0.15) is 0 Å². The number of hydrogen-bond acceptors (Lipinski definition) is 4. The lowest BCUT2D eigenvalue weighted by atomic mass is 9.80. The Balaban J connectivity index is 2.74. The predicted molar refractivity (Wildman–Crippen MR) is 66.6 cm³/mol. The van der Waals surface area contributed by atoms with Crippen molar-refractivity contribution >= 4 is 62.6 Å². The van der Waals surface area contributed by atoms with E-state index in [2.05, 4.69) is 28.6 Å². The van der Waals surface area contributed by atoms with Crippen LogP contribution in [0.15, 0.2) is 26.9 Å². The molecule has 6 heteroatoms. The first-order chi connectivity index (χ1) is 6.59. The summed E-state index contributed by atoms with van der Waals surface area (Å²) < 4.78 is 2.08. The summed E-state index contributed by atoms with van der Waals surface area (Å²) in [6.45, 7) is 0. The van der Waals surface area contributed by atoms with Gasteiger partial charge in [0.15, 0.2) is 0 Å². The van der Waals surface area contributed by atoms with Gasteiger partial charge >= 0.3 is 7.12 Å². The number of halogens is 1. The van der Waals surface area contributed by atoms with E-state index in [1.807, 2.05) is 12.1 Å². The van der Waals surface area contributed by atoms with Crippen LogP contribution >= 0.6 is 39.9 Å². The number of benzene rings is 1. The summed E-state index contributed by atoms with van der Waals surface area (Å²) in [5, 5.41) is 19.1. The van der Waals surface area contributed by atoms with Crippen molar-refractivity contribution in [3.8, 4) is 0 Å². The molecule has 0 amide bonds. The van der Waals surface area contributed by atoms with Gasteiger partial charge in [0.2, 0.25) is 0 Å². The zero-order valence-corrected chi connectivity index (χ0v) is 10.2. The lowest BCUT2D eigenvalue weighted by molar-refractivity contribution is 0.425. The molecule has 1 heterocycles. The third kappa shape index (κ3) is 1.72. The largest absolute Gasteiger partial charge is 0.489 e. The first kappa shape index (κ1) is 10.5. The van der Waals surface area contributed by atoms with Crippen molar-refractivity contribution in [2.45, 2.75) is 4.90 Å². The van der Waals surface area contributed by atoms with E-state index >= 15 is 0 Å². The van der Waals surface area contributed by atoms with E-state index in [-0.39, 0.29) is 0 Å². The number of hydrogen-bond donors (Lipinski definition) is 3. The number of rotatable bonds is 1. The highest BCUT2D eigenvalue weighted by Crippen LogP contribution is 2.32. The summed E-state index contributed by atoms with van der Waals surface area (Å²) in [7, 11) is -1.47. The fourth-order valence-corrected chi connectivity index (χ4v) is 3.29. The molecule has 1 aromatic heterocycles. The van der Waals surface area contributed by atoms with Crippen LogP contribution in [0.1, 0.15) is 0 Å². The molecular weight excluding hydrogens is 283 g/mol. The topological polar surface area (TPSA) is 40.5 Å². The Hall–Kier alpha value is -0.00506. The van der Waals surface area contributed by atoms with Crippen LogP contribution in [-0.4, -0.2) is 17.2 Å². The van der Waals surface area contributed by atoms with Gasteiger partial charge < -0.3 is 10.0 Å². The first-order valence-electron chi connectivity index (χ1n) is 3.86. The van der Waals surface area contributed by atoms with Crippen molar-refractivity contribution < 1.29 is 10.0 Å². The molecule has 0 aliphatic heterocycles. The summed E-state index contributed by atoms with van der Waals surface area (Å²) in [6.07, 6.45) is 0. The van der Waals surface area contributed by atoms with Crippen LogP contribution in [0.3, 0.4) is 0 Å². The van der Waals surface area contributed by atoms with Crippen LogP contribution in [0, 0.1) is 0 Å². The molecule has 0 saturated carbocycles. The van der Waals surface area contributed by atoms with Crippen molar-refractivity contribution in [3.05, 3.63) is 22.0 Å². The molecule has 0 aliphatic rings. The van der Waals surface area contributed by atoms with Crippen LogP contribution in [-0.2, 0) is 0 Å². The molecule has 0 radical (unpaired) electrons. The lowest BCUT2D eigenvalue weighted by Crippen LogP contribution is -2.30. The Morgan fingerprint density at radius 2 is 2.07 bits per heavy atom. The fraction of sp³-hybridized carbons (Fsp3) is 0. The van der Waals surface area contributed by atoms with Crippen LogP contribution in [0.25, 0.3) is 10.1 Å². The normalized spacial score (nSPS) is 10.9. The maximum atomic E-state index is 9.07. The maximum absolute atomic E-state index is 9.07. The lowest BCUT2D eigenvalue weighted by Gasteiger charge is -2.03. The monoisotopic (exact) mass is 288 g/mol. The van der Waals surface area contributed by atoms with Crippen LogP contribution < -0.4 is 5.46 Å². The van der Waals surface area contributed by atoms with Crippen molar-refractivity contribution in [3.63, 3.8) is 0 Å². The second-order valence-corrected chi connectivity index (χ2v) is 5.75. The molecule has 0 saturated heterocycles. The first-order valence-corrected chi connectivity index (χ1v) is 5.92. The second kappa shape index (κ2) is 3.86. The van der Waals surface area contributed by atoms with Crippen LogP contribution in [0.5, 0.6) is 0 Å². The van der Waals surface area contributed by atoms with E-state index in [1.54, 1.807) is 17.4 Å². The summed E-state index contributed by atoms with van der Waals surface area (Å²) in [5.41, 5.74) is 0.436. The smallest absolute Gasteiger partial charge is 0.423 e. The van der Waals surface area contributed by atoms with Gasteiger partial charge in [0.1, 0.15) is 0 Å². The SMILES string of the molecule is OB(O)c1ccc2sc(Br)cc2c1S. The van der Waals surface area contributed by atoms with Gasteiger partial charge in [-0.1, -0.05) is 6.07 Å². The molecule has 1 aromatic carbocycles. The minimum absolute atomic E-state index is 0.436.